The summed E-state index contributed by atoms with van der Waals surface area (Å²) in [6.45, 7) is 10.0. The number of esters is 1. The Morgan fingerprint density at radius 2 is 1.52 bits per heavy atom. The van der Waals surface area contributed by atoms with E-state index in [2.05, 4.69) is 33.0 Å². The first kappa shape index (κ1) is 20.7. The van der Waals surface area contributed by atoms with Crippen molar-refractivity contribution >= 4 is 17.6 Å². The molecule has 0 aliphatic carbocycles. The van der Waals surface area contributed by atoms with Crippen LogP contribution in [0.5, 0.6) is 0 Å². The van der Waals surface area contributed by atoms with Crippen molar-refractivity contribution in [2.75, 3.05) is 11.9 Å². The fourth-order valence-electron chi connectivity index (χ4n) is 3.03. The predicted molar refractivity (Wildman–Crippen MR) is 109 cm³/mol. The fourth-order valence-corrected chi connectivity index (χ4v) is 3.03. The Labute approximate surface area is 161 Å². The van der Waals surface area contributed by atoms with Crippen molar-refractivity contribution in [1.29, 1.82) is 0 Å². The highest BCUT2D eigenvalue weighted by atomic mass is 16.5. The lowest BCUT2D eigenvalue weighted by Crippen LogP contribution is -2.23. The Bertz CT molecular complexity index is 783. The van der Waals surface area contributed by atoms with Crippen LogP contribution in [0.3, 0.4) is 0 Å². The van der Waals surface area contributed by atoms with Crippen LogP contribution in [0.15, 0.2) is 42.5 Å². The van der Waals surface area contributed by atoms with Gasteiger partial charge in [-0.1, -0.05) is 70.2 Å². The summed E-state index contributed by atoms with van der Waals surface area (Å²) >= 11 is 0. The lowest BCUT2D eigenvalue weighted by Gasteiger charge is -2.20. The first-order valence-corrected chi connectivity index (χ1v) is 9.42. The van der Waals surface area contributed by atoms with E-state index in [9.17, 15) is 9.59 Å². The van der Waals surface area contributed by atoms with Gasteiger partial charge in [0.2, 0.25) is 0 Å². The summed E-state index contributed by atoms with van der Waals surface area (Å²) in [5.74, 6) is -0.158. The molecule has 144 valence electrons. The van der Waals surface area contributed by atoms with Gasteiger partial charge in [-0.15, -0.1) is 0 Å². The minimum absolute atomic E-state index is 0.166. The van der Waals surface area contributed by atoms with Crippen LogP contribution in [0.2, 0.25) is 0 Å². The lowest BCUT2D eigenvalue weighted by atomic mass is 9.92. The van der Waals surface area contributed by atoms with Crippen molar-refractivity contribution in [3.8, 4) is 0 Å². The number of nitrogens with one attached hydrogen (secondary N) is 1. The molecule has 1 N–H and O–H groups in total. The molecule has 0 unspecified atom stereocenters. The van der Waals surface area contributed by atoms with E-state index < -0.39 is 5.97 Å². The van der Waals surface area contributed by atoms with Gasteiger partial charge in [-0.2, -0.15) is 0 Å². The molecule has 1 amide bonds. The molecule has 4 heteroatoms. The zero-order valence-electron chi connectivity index (χ0n) is 16.8. The molecule has 2 aromatic rings. The highest BCUT2D eigenvalue weighted by Crippen LogP contribution is 2.32. The molecule has 0 saturated heterocycles. The summed E-state index contributed by atoms with van der Waals surface area (Å²) in [6.07, 6.45) is 0.166. The van der Waals surface area contributed by atoms with Crippen molar-refractivity contribution in [3.63, 3.8) is 0 Å². The minimum atomic E-state index is -0.402. The predicted octanol–water partition coefficient (Wildman–Crippen LogP) is 4.97. The van der Waals surface area contributed by atoms with Crippen LogP contribution < -0.4 is 5.32 Å². The van der Waals surface area contributed by atoms with Crippen molar-refractivity contribution in [2.24, 2.45) is 0 Å². The number of anilines is 1. The molecule has 0 aromatic heterocycles. The first-order valence-electron chi connectivity index (χ1n) is 9.42. The summed E-state index contributed by atoms with van der Waals surface area (Å²) in [5, 5.41) is 2.96. The second-order valence-corrected chi connectivity index (χ2v) is 7.43. The maximum Gasteiger partial charge on any atom is 0.310 e. The lowest BCUT2D eigenvalue weighted by molar-refractivity contribution is -0.146. The molecule has 0 saturated carbocycles. The van der Waals surface area contributed by atoms with Crippen LogP contribution in [-0.2, 0) is 20.7 Å². The van der Waals surface area contributed by atoms with Gasteiger partial charge in [-0.3, -0.25) is 9.59 Å². The molecule has 2 rings (SSSR count). The third-order valence-corrected chi connectivity index (χ3v) is 4.60. The van der Waals surface area contributed by atoms with Gasteiger partial charge < -0.3 is 10.1 Å². The van der Waals surface area contributed by atoms with Crippen molar-refractivity contribution in [2.45, 2.75) is 52.9 Å². The molecule has 0 aliphatic rings. The molecule has 0 radical (unpaired) electrons. The first-order chi connectivity index (χ1) is 12.8. The Morgan fingerprint density at radius 3 is 2.07 bits per heavy atom. The van der Waals surface area contributed by atoms with E-state index in [-0.39, 0.29) is 30.8 Å². The topological polar surface area (TPSA) is 55.4 Å². The number of carbonyl (C=O) groups excluding carboxylic acids is 2. The molecule has 0 bridgehead atoms. The van der Waals surface area contributed by atoms with E-state index >= 15 is 0 Å². The number of carbonyl (C=O) groups is 2. The average Bonchev–Trinajstić information content (AvgIpc) is 2.61. The number of aryl methyl sites for hydroxylation is 1. The molecular formula is C23H29NO3. The molecule has 0 spiro atoms. The van der Waals surface area contributed by atoms with Crippen molar-refractivity contribution in [1.82, 2.24) is 0 Å². The summed E-state index contributed by atoms with van der Waals surface area (Å²) in [6, 6.07) is 13.7. The molecule has 0 fully saturated rings. The third kappa shape index (κ3) is 5.68. The van der Waals surface area contributed by atoms with Crippen molar-refractivity contribution in [3.05, 3.63) is 64.7 Å². The number of para-hydroxylation sites is 1. The fraction of sp³-hybridized carbons (Fsp3) is 0.391. The van der Waals surface area contributed by atoms with Gasteiger partial charge in [-0.25, -0.2) is 0 Å². The van der Waals surface area contributed by atoms with Crippen LogP contribution in [0.4, 0.5) is 5.69 Å². The molecule has 0 aliphatic heterocycles. The minimum Gasteiger partial charge on any atom is -0.455 e. The van der Waals surface area contributed by atoms with Crippen LogP contribution >= 0.6 is 0 Å². The monoisotopic (exact) mass is 367 g/mol. The molecule has 2 aromatic carbocycles. The largest absolute Gasteiger partial charge is 0.455 e. The second kappa shape index (κ2) is 9.36. The average molecular weight is 367 g/mol. The molecular weight excluding hydrogens is 338 g/mol. The number of amides is 1. The summed E-state index contributed by atoms with van der Waals surface area (Å²) in [4.78, 5) is 24.5. The van der Waals surface area contributed by atoms with Crippen LogP contribution in [-0.4, -0.2) is 18.5 Å². The van der Waals surface area contributed by atoms with Gasteiger partial charge >= 0.3 is 5.97 Å². The normalized spacial score (nSPS) is 10.9. The quantitative estimate of drug-likeness (QED) is 0.703. The standard InChI is InChI=1S/C23H29NO3/c1-15(2)19-11-8-12-20(16(3)4)23(19)24-21(25)14-27-22(26)13-18-10-7-6-9-17(18)5/h6-12,15-16H,13-14H2,1-5H3,(H,24,25). The van der Waals surface area contributed by atoms with Gasteiger partial charge in [0.1, 0.15) is 0 Å². The highest BCUT2D eigenvalue weighted by Gasteiger charge is 2.17. The Hall–Kier alpha value is -2.62. The maximum absolute atomic E-state index is 12.4. The SMILES string of the molecule is Cc1ccccc1CC(=O)OCC(=O)Nc1c(C(C)C)cccc1C(C)C. The van der Waals surface area contributed by atoms with Gasteiger partial charge in [0.15, 0.2) is 6.61 Å². The molecule has 27 heavy (non-hydrogen) atoms. The second-order valence-electron chi connectivity index (χ2n) is 7.43. The van der Waals surface area contributed by atoms with Gasteiger partial charge in [0.25, 0.3) is 5.91 Å². The van der Waals surface area contributed by atoms with Crippen molar-refractivity contribution < 1.29 is 14.3 Å². The number of hydrogen-bond donors (Lipinski definition) is 1. The number of hydrogen-bond acceptors (Lipinski definition) is 3. The van der Waals surface area contributed by atoms with E-state index in [0.717, 1.165) is 27.9 Å². The van der Waals surface area contributed by atoms with Gasteiger partial charge in [0, 0.05) is 5.69 Å². The third-order valence-electron chi connectivity index (χ3n) is 4.60. The summed E-state index contributed by atoms with van der Waals surface area (Å²) in [5.41, 5.74) is 4.95. The molecule has 0 heterocycles. The molecule has 4 nitrogen and oxygen atoms in total. The maximum atomic E-state index is 12.4. The summed E-state index contributed by atoms with van der Waals surface area (Å²) < 4.78 is 5.18. The van der Waals surface area contributed by atoms with E-state index in [4.69, 9.17) is 4.74 Å². The number of ether oxygens (including phenoxy) is 1. The van der Waals surface area contributed by atoms with Gasteiger partial charge in [0.05, 0.1) is 6.42 Å². The van der Waals surface area contributed by atoms with Crippen LogP contribution in [0.25, 0.3) is 0 Å². The zero-order valence-corrected chi connectivity index (χ0v) is 16.8. The zero-order chi connectivity index (χ0) is 20.0. The Morgan fingerprint density at radius 1 is 0.926 bits per heavy atom. The van der Waals surface area contributed by atoms with E-state index in [1.807, 2.05) is 49.4 Å². The number of rotatable bonds is 7. The van der Waals surface area contributed by atoms with E-state index in [0.29, 0.717) is 0 Å². The smallest absolute Gasteiger partial charge is 0.310 e. The van der Waals surface area contributed by atoms with Gasteiger partial charge in [-0.05, 0) is 41.0 Å². The Kier molecular flexibility index (Phi) is 7.17. The van der Waals surface area contributed by atoms with Crippen LogP contribution in [0.1, 0.15) is 61.8 Å². The Balaban J connectivity index is 2.02. The van der Waals surface area contributed by atoms with Crippen LogP contribution in [0, 0.1) is 6.92 Å². The summed E-state index contributed by atoms with van der Waals surface area (Å²) in [7, 11) is 0. The van der Waals surface area contributed by atoms with E-state index in [1.165, 1.54) is 0 Å². The highest BCUT2D eigenvalue weighted by molar-refractivity contribution is 5.94. The number of benzene rings is 2. The molecule has 0 atom stereocenters. The van der Waals surface area contributed by atoms with E-state index in [1.54, 1.807) is 0 Å².